The number of rotatable bonds is 7. The summed E-state index contributed by atoms with van der Waals surface area (Å²) >= 11 is 0. The minimum Gasteiger partial charge on any atom is -0.497 e. The maximum absolute atomic E-state index is 14.4. The van der Waals surface area contributed by atoms with Crippen LogP contribution in [0.2, 0.25) is 0 Å². The monoisotopic (exact) mass is 428 g/mol. The number of carbonyl (C=O) groups is 1. The molecule has 0 radical (unpaired) electrons. The fourth-order valence-electron chi connectivity index (χ4n) is 3.53. The molecule has 3 aromatic rings. The molecule has 2 N–H and O–H groups in total. The summed E-state index contributed by atoms with van der Waals surface area (Å²) in [6.45, 7) is 0.0707. The molecule has 0 bridgehead atoms. The molecule has 31 heavy (non-hydrogen) atoms. The number of nitrogens with one attached hydrogen (secondary N) is 1. The maximum Gasteiger partial charge on any atom is 0.307 e. The van der Waals surface area contributed by atoms with Crippen molar-refractivity contribution in [3.63, 3.8) is 0 Å². The van der Waals surface area contributed by atoms with Crippen molar-refractivity contribution in [2.24, 2.45) is 5.92 Å². The summed E-state index contributed by atoms with van der Waals surface area (Å²) in [6.07, 6.45) is 2.13. The van der Waals surface area contributed by atoms with E-state index in [0.717, 1.165) is 18.2 Å². The van der Waals surface area contributed by atoms with Crippen molar-refractivity contribution in [1.82, 2.24) is 4.98 Å². The zero-order valence-corrected chi connectivity index (χ0v) is 16.5. The van der Waals surface area contributed by atoms with Crippen LogP contribution in [-0.4, -0.2) is 23.2 Å². The van der Waals surface area contributed by atoms with E-state index in [-0.39, 0.29) is 40.8 Å². The summed E-state index contributed by atoms with van der Waals surface area (Å²) in [5, 5.41) is 12.0. The normalized spacial score (nSPS) is 17.3. The number of ether oxygens (including phenoxy) is 1. The van der Waals surface area contributed by atoms with Gasteiger partial charge in [0.25, 0.3) is 0 Å². The van der Waals surface area contributed by atoms with Gasteiger partial charge in [-0.3, -0.25) is 9.78 Å². The standard InChI is InChI=1S/C23H19F3N2O3/c1-31-15-7-19(25)22(20(26)8-15)12-2-4-18(24)13(6-12)10-27-14-3-5-21(28-11-14)16-9-17(16)23(29)30/h2-8,11,16-17,27H,9-10H2,1H3,(H,29,30)/t16-,17-/m0/s1. The summed E-state index contributed by atoms with van der Waals surface area (Å²) in [4.78, 5) is 15.3. The minimum atomic E-state index is -0.825. The molecule has 0 spiro atoms. The van der Waals surface area contributed by atoms with Gasteiger partial charge < -0.3 is 15.2 Å². The molecule has 2 aromatic carbocycles. The third kappa shape index (κ3) is 4.33. The Hall–Kier alpha value is -3.55. The minimum absolute atomic E-state index is 0.0552. The zero-order valence-electron chi connectivity index (χ0n) is 16.5. The molecule has 1 heterocycles. The van der Waals surface area contributed by atoms with Crippen LogP contribution in [0.5, 0.6) is 5.75 Å². The SMILES string of the molecule is COc1cc(F)c(-c2ccc(F)c(CNc3ccc([C@H]4C[C@@H]4C(=O)O)nc3)c2)c(F)c1. The van der Waals surface area contributed by atoms with E-state index in [9.17, 15) is 18.0 Å². The third-order valence-electron chi connectivity index (χ3n) is 5.34. The smallest absolute Gasteiger partial charge is 0.307 e. The highest BCUT2D eigenvalue weighted by Gasteiger charge is 2.45. The van der Waals surface area contributed by atoms with Gasteiger partial charge in [0.05, 0.1) is 30.5 Å². The molecule has 160 valence electrons. The van der Waals surface area contributed by atoms with Crippen LogP contribution in [-0.2, 0) is 11.3 Å². The number of carboxylic acid groups (broad SMARTS) is 1. The summed E-state index contributed by atoms with van der Waals surface area (Å²) < 4.78 is 47.9. The first-order valence-electron chi connectivity index (χ1n) is 9.62. The maximum atomic E-state index is 14.4. The van der Waals surface area contributed by atoms with E-state index < -0.39 is 23.4 Å². The van der Waals surface area contributed by atoms with Crippen LogP contribution < -0.4 is 10.1 Å². The Bertz CT molecular complexity index is 1110. The highest BCUT2D eigenvalue weighted by atomic mass is 19.1. The number of hydrogen-bond donors (Lipinski definition) is 2. The van der Waals surface area contributed by atoms with Crippen LogP contribution in [0.25, 0.3) is 11.1 Å². The van der Waals surface area contributed by atoms with Gasteiger partial charge in [0.2, 0.25) is 0 Å². The van der Waals surface area contributed by atoms with Crippen LogP contribution in [0.4, 0.5) is 18.9 Å². The highest BCUT2D eigenvalue weighted by Crippen LogP contribution is 2.46. The Morgan fingerprint density at radius 2 is 1.87 bits per heavy atom. The fraction of sp³-hybridized carbons (Fsp3) is 0.217. The molecule has 0 saturated heterocycles. The van der Waals surface area contributed by atoms with Crippen LogP contribution in [0.3, 0.4) is 0 Å². The summed E-state index contributed by atoms with van der Waals surface area (Å²) in [7, 11) is 1.31. The summed E-state index contributed by atoms with van der Waals surface area (Å²) in [5.41, 5.74) is 1.49. The van der Waals surface area contributed by atoms with Crippen molar-refractivity contribution in [2.75, 3.05) is 12.4 Å². The molecule has 1 aromatic heterocycles. The van der Waals surface area contributed by atoms with Crippen LogP contribution in [0, 0.1) is 23.4 Å². The van der Waals surface area contributed by atoms with E-state index in [0.29, 0.717) is 17.8 Å². The van der Waals surface area contributed by atoms with Gasteiger partial charge in [-0.1, -0.05) is 6.07 Å². The van der Waals surface area contributed by atoms with Crippen LogP contribution >= 0.6 is 0 Å². The molecule has 0 unspecified atom stereocenters. The lowest BCUT2D eigenvalue weighted by molar-refractivity contribution is -0.138. The van der Waals surface area contributed by atoms with Gasteiger partial charge in [-0.2, -0.15) is 0 Å². The van der Waals surface area contributed by atoms with Gasteiger partial charge in [0.15, 0.2) is 0 Å². The molecule has 1 fully saturated rings. The number of aromatic nitrogens is 1. The van der Waals surface area contributed by atoms with E-state index in [4.69, 9.17) is 9.84 Å². The Labute approximate surface area is 176 Å². The molecule has 1 aliphatic carbocycles. The first-order chi connectivity index (χ1) is 14.9. The molecule has 0 aliphatic heterocycles. The average Bonchev–Trinajstić information content (AvgIpc) is 3.55. The molecule has 8 heteroatoms. The molecular formula is C23H19F3N2O3. The van der Waals surface area contributed by atoms with Crippen molar-refractivity contribution >= 4 is 11.7 Å². The number of methoxy groups -OCH3 is 1. The number of anilines is 1. The first kappa shape index (κ1) is 20.7. The number of carboxylic acids is 1. The molecule has 1 aliphatic rings. The van der Waals surface area contributed by atoms with Gasteiger partial charge in [-0.15, -0.1) is 0 Å². The molecular weight excluding hydrogens is 409 g/mol. The lowest BCUT2D eigenvalue weighted by atomic mass is 10.0. The number of nitrogens with zero attached hydrogens (tertiary/aromatic N) is 1. The number of aliphatic carboxylic acids is 1. The zero-order chi connectivity index (χ0) is 22.1. The predicted octanol–water partition coefficient (Wildman–Crippen LogP) is 4.97. The van der Waals surface area contributed by atoms with Gasteiger partial charge >= 0.3 is 5.97 Å². The highest BCUT2D eigenvalue weighted by molar-refractivity contribution is 5.75. The Morgan fingerprint density at radius 1 is 1.13 bits per heavy atom. The largest absolute Gasteiger partial charge is 0.497 e. The number of halogens is 3. The predicted molar refractivity (Wildman–Crippen MR) is 108 cm³/mol. The van der Waals surface area contributed by atoms with Crippen molar-refractivity contribution in [3.05, 3.63) is 77.4 Å². The van der Waals surface area contributed by atoms with Crippen molar-refractivity contribution < 1.29 is 27.8 Å². The second-order valence-corrected chi connectivity index (χ2v) is 7.38. The lowest BCUT2D eigenvalue weighted by Gasteiger charge is -2.12. The van der Waals surface area contributed by atoms with E-state index in [2.05, 4.69) is 10.3 Å². The number of pyridine rings is 1. The van der Waals surface area contributed by atoms with Gasteiger partial charge in [-0.25, -0.2) is 13.2 Å². The van der Waals surface area contributed by atoms with E-state index in [1.165, 1.54) is 19.2 Å². The molecule has 5 nitrogen and oxygen atoms in total. The van der Waals surface area contributed by atoms with Crippen molar-refractivity contribution in [1.29, 1.82) is 0 Å². The topological polar surface area (TPSA) is 71.5 Å². The van der Waals surface area contributed by atoms with Crippen molar-refractivity contribution in [2.45, 2.75) is 18.9 Å². The number of benzene rings is 2. The molecule has 2 atom stereocenters. The Morgan fingerprint density at radius 3 is 2.45 bits per heavy atom. The lowest BCUT2D eigenvalue weighted by Crippen LogP contribution is -2.04. The Balaban J connectivity index is 1.49. The van der Waals surface area contributed by atoms with E-state index in [1.54, 1.807) is 18.3 Å². The molecule has 4 rings (SSSR count). The summed E-state index contributed by atoms with van der Waals surface area (Å²) in [6, 6.07) is 9.49. The third-order valence-corrected chi connectivity index (χ3v) is 5.34. The quantitative estimate of drug-likeness (QED) is 0.556. The van der Waals surface area contributed by atoms with Crippen molar-refractivity contribution in [3.8, 4) is 16.9 Å². The second-order valence-electron chi connectivity index (χ2n) is 7.38. The molecule has 1 saturated carbocycles. The Kier molecular flexibility index (Phi) is 5.54. The van der Waals surface area contributed by atoms with Crippen LogP contribution in [0.15, 0.2) is 48.7 Å². The average molecular weight is 428 g/mol. The number of hydrogen-bond acceptors (Lipinski definition) is 4. The van der Waals surface area contributed by atoms with Crippen LogP contribution in [0.1, 0.15) is 23.6 Å². The van der Waals surface area contributed by atoms with Gasteiger partial charge in [0.1, 0.15) is 23.2 Å². The second kappa shape index (κ2) is 8.29. The first-order valence-corrected chi connectivity index (χ1v) is 9.62. The van der Waals surface area contributed by atoms with E-state index >= 15 is 0 Å². The van der Waals surface area contributed by atoms with Gasteiger partial charge in [-0.05, 0) is 36.2 Å². The molecule has 0 amide bonds. The van der Waals surface area contributed by atoms with E-state index in [1.807, 2.05) is 0 Å². The fourth-order valence-corrected chi connectivity index (χ4v) is 3.53. The van der Waals surface area contributed by atoms with Gasteiger partial charge in [0, 0.05) is 35.9 Å². The summed E-state index contributed by atoms with van der Waals surface area (Å²) in [5.74, 6) is -3.35.